The van der Waals surface area contributed by atoms with Crippen LogP contribution in [-0.2, 0) is 0 Å². The van der Waals surface area contributed by atoms with E-state index in [-0.39, 0.29) is 0 Å². The van der Waals surface area contributed by atoms with Gasteiger partial charge in [-0.3, -0.25) is 0 Å². The van der Waals surface area contributed by atoms with Crippen molar-refractivity contribution in [3.05, 3.63) is 0 Å². The molecule has 0 aliphatic rings. The molecule has 0 aromatic carbocycles. The zero-order valence-corrected chi connectivity index (χ0v) is 5.82. The Hall–Kier alpha value is -0.180. The number of thioether (sulfide) groups is 1. The van der Waals surface area contributed by atoms with Crippen LogP contribution in [0.1, 0.15) is 12.8 Å². The van der Waals surface area contributed by atoms with Gasteiger partial charge in [-0.25, -0.2) is 0 Å². The Morgan fingerprint density at radius 3 is 3.00 bits per heavy atom. The number of hydrogen-bond donors (Lipinski definition) is 1. The van der Waals surface area contributed by atoms with E-state index in [1.165, 1.54) is 6.21 Å². The number of unbranched alkanes of at least 4 members (excludes halogenated alkanes) is 1. The van der Waals surface area contributed by atoms with Crippen LogP contribution in [-0.4, -0.2) is 23.4 Å². The predicted octanol–water partition coefficient (Wildman–Crippen LogP) is 1.59. The van der Waals surface area contributed by atoms with Crippen LogP contribution in [0.25, 0.3) is 0 Å². The lowest BCUT2D eigenvalue weighted by Crippen LogP contribution is -1.79. The van der Waals surface area contributed by atoms with Crippen LogP contribution in [0.4, 0.5) is 0 Å². The second-order valence-corrected chi connectivity index (χ2v) is 2.42. The monoisotopic (exact) mass is 133 g/mol. The minimum atomic E-state index is 0.886. The van der Waals surface area contributed by atoms with Crippen LogP contribution in [0.3, 0.4) is 0 Å². The molecule has 0 unspecified atom stereocenters. The largest absolute Gasteiger partial charge is 0.411 e. The van der Waals surface area contributed by atoms with Gasteiger partial charge < -0.3 is 5.21 Å². The molecule has 3 heteroatoms. The van der Waals surface area contributed by atoms with Crippen molar-refractivity contribution >= 4 is 18.0 Å². The Morgan fingerprint density at radius 1 is 1.75 bits per heavy atom. The highest BCUT2D eigenvalue weighted by Gasteiger charge is 1.80. The average molecular weight is 133 g/mol. The molecule has 0 fully saturated rings. The molecule has 0 bridgehead atoms. The standard InChI is InChI=1S/C5H11NOS/c1-8-5-3-2-4-6-7/h4,7H,2-3,5H2,1H3/b6-4+. The van der Waals surface area contributed by atoms with E-state index in [2.05, 4.69) is 11.4 Å². The van der Waals surface area contributed by atoms with Gasteiger partial charge in [0.1, 0.15) is 0 Å². The molecule has 0 aliphatic heterocycles. The first-order chi connectivity index (χ1) is 3.91. The van der Waals surface area contributed by atoms with Crippen LogP contribution in [0.15, 0.2) is 5.16 Å². The van der Waals surface area contributed by atoms with E-state index in [4.69, 9.17) is 5.21 Å². The van der Waals surface area contributed by atoms with Gasteiger partial charge in [0.25, 0.3) is 0 Å². The summed E-state index contributed by atoms with van der Waals surface area (Å²) < 4.78 is 0. The topological polar surface area (TPSA) is 32.6 Å². The molecule has 0 radical (unpaired) electrons. The zero-order chi connectivity index (χ0) is 6.24. The lowest BCUT2D eigenvalue weighted by Gasteiger charge is -1.87. The highest BCUT2D eigenvalue weighted by Crippen LogP contribution is 1.96. The van der Waals surface area contributed by atoms with Gasteiger partial charge in [0, 0.05) is 6.21 Å². The van der Waals surface area contributed by atoms with Crippen molar-refractivity contribution in [1.29, 1.82) is 0 Å². The van der Waals surface area contributed by atoms with Crippen molar-refractivity contribution in [3.8, 4) is 0 Å². The minimum absolute atomic E-state index is 0.886. The summed E-state index contributed by atoms with van der Waals surface area (Å²) in [4.78, 5) is 0. The van der Waals surface area contributed by atoms with Crippen LogP contribution < -0.4 is 0 Å². The first kappa shape index (κ1) is 7.82. The van der Waals surface area contributed by atoms with E-state index in [1.807, 2.05) is 11.8 Å². The normalized spacial score (nSPS) is 10.6. The van der Waals surface area contributed by atoms with E-state index in [0.29, 0.717) is 0 Å². The van der Waals surface area contributed by atoms with E-state index >= 15 is 0 Å². The Kier molecular flexibility index (Phi) is 6.67. The van der Waals surface area contributed by atoms with Crippen molar-refractivity contribution in [2.24, 2.45) is 5.16 Å². The van der Waals surface area contributed by atoms with Gasteiger partial charge in [-0.05, 0) is 24.9 Å². The second-order valence-electron chi connectivity index (χ2n) is 1.43. The smallest absolute Gasteiger partial charge is 0.0436 e. The molecule has 0 saturated heterocycles. The third kappa shape index (κ3) is 5.82. The molecule has 8 heavy (non-hydrogen) atoms. The summed E-state index contributed by atoms with van der Waals surface area (Å²) in [6, 6.07) is 0. The van der Waals surface area contributed by atoms with E-state index in [0.717, 1.165) is 18.6 Å². The summed E-state index contributed by atoms with van der Waals surface area (Å²) in [6.45, 7) is 0. The van der Waals surface area contributed by atoms with Gasteiger partial charge >= 0.3 is 0 Å². The van der Waals surface area contributed by atoms with E-state index < -0.39 is 0 Å². The molecule has 0 atom stereocenters. The average Bonchev–Trinajstić information content (AvgIpc) is 1.81. The molecule has 0 aliphatic carbocycles. The highest BCUT2D eigenvalue weighted by molar-refractivity contribution is 7.98. The number of hydrogen-bond acceptors (Lipinski definition) is 3. The molecule has 0 heterocycles. The molecule has 0 aromatic heterocycles. The van der Waals surface area contributed by atoms with Crippen LogP contribution >= 0.6 is 11.8 Å². The van der Waals surface area contributed by atoms with Gasteiger partial charge in [0.2, 0.25) is 0 Å². The van der Waals surface area contributed by atoms with Gasteiger partial charge in [0.05, 0.1) is 0 Å². The summed E-state index contributed by atoms with van der Waals surface area (Å²) in [6.07, 6.45) is 5.58. The molecule has 0 amide bonds. The zero-order valence-electron chi connectivity index (χ0n) is 5.00. The lowest BCUT2D eigenvalue weighted by molar-refractivity contribution is 0.320. The molecule has 0 spiro atoms. The molecule has 0 saturated carbocycles. The fourth-order valence-electron chi connectivity index (χ4n) is 0.377. The lowest BCUT2D eigenvalue weighted by atomic mass is 10.4. The molecule has 1 N–H and O–H groups in total. The summed E-state index contributed by atoms with van der Waals surface area (Å²) in [5.41, 5.74) is 0. The Labute approximate surface area is 54.0 Å². The van der Waals surface area contributed by atoms with E-state index in [9.17, 15) is 0 Å². The van der Waals surface area contributed by atoms with Crippen LogP contribution in [0.5, 0.6) is 0 Å². The van der Waals surface area contributed by atoms with Crippen molar-refractivity contribution in [2.45, 2.75) is 12.8 Å². The first-order valence-electron chi connectivity index (χ1n) is 2.56. The van der Waals surface area contributed by atoms with Crippen molar-refractivity contribution in [1.82, 2.24) is 0 Å². The van der Waals surface area contributed by atoms with E-state index in [1.54, 1.807) is 0 Å². The maximum absolute atomic E-state index is 7.93. The van der Waals surface area contributed by atoms with Crippen LogP contribution in [0, 0.1) is 0 Å². The first-order valence-corrected chi connectivity index (χ1v) is 3.96. The van der Waals surface area contributed by atoms with Crippen molar-refractivity contribution < 1.29 is 5.21 Å². The predicted molar refractivity (Wildman–Crippen MR) is 37.9 cm³/mol. The molecule has 48 valence electrons. The Bertz CT molecular complexity index is 65.4. The molecule has 2 nitrogen and oxygen atoms in total. The van der Waals surface area contributed by atoms with Crippen LogP contribution in [0.2, 0.25) is 0 Å². The second kappa shape index (κ2) is 6.82. The van der Waals surface area contributed by atoms with Gasteiger partial charge in [-0.1, -0.05) is 0 Å². The third-order valence-electron chi connectivity index (χ3n) is 0.763. The Balaban J connectivity index is 2.72. The fraction of sp³-hybridized carbons (Fsp3) is 0.800. The number of oxime groups is 1. The Morgan fingerprint density at radius 2 is 2.50 bits per heavy atom. The highest BCUT2D eigenvalue weighted by atomic mass is 32.2. The van der Waals surface area contributed by atoms with Crippen molar-refractivity contribution in [2.75, 3.05) is 12.0 Å². The van der Waals surface area contributed by atoms with Crippen molar-refractivity contribution in [3.63, 3.8) is 0 Å². The maximum atomic E-state index is 7.93. The molecular weight excluding hydrogens is 122 g/mol. The number of nitrogens with zero attached hydrogens (tertiary/aromatic N) is 1. The van der Waals surface area contributed by atoms with Gasteiger partial charge in [-0.2, -0.15) is 11.8 Å². The summed E-state index contributed by atoms with van der Waals surface area (Å²) in [7, 11) is 0. The fourth-order valence-corrected chi connectivity index (χ4v) is 0.832. The maximum Gasteiger partial charge on any atom is 0.0436 e. The molecular formula is C5H11NOS. The minimum Gasteiger partial charge on any atom is -0.411 e. The summed E-state index contributed by atoms with van der Waals surface area (Å²) in [5, 5.41) is 10.8. The SMILES string of the molecule is CSCCC/C=N/O. The third-order valence-corrected chi connectivity index (χ3v) is 1.46. The quantitative estimate of drug-likeness (QED) is 0.273. The van der Waals surface area contributed by atoms with Gasteiger partial charge in [-0.15, -0.1) is 5.16 Å². The molecule has 0 rings (SSSR count). The summed E-state index contributed by atoms with van der Waals surface area (Å²) >= 11 is 1.81. The molecule has 0 aromatic rings. The number of rotatable bonds is 4. The summed E-state index contributed by atoms with van der Waals surface area (Å²) in [5.74, 6) is 1.14. The van der Waals surface area contributed by atoms with Gasteiger partial charge in [0.15, 0.2) is 0 Å².